The van der Waals surface area contributed by atoms with E-state index in [0.717, 1.165) is 0 Å². The first-order valence-electron chi connectivity index (χ1n) is 7.08. The molecule has 6 heteroatoms. The van der Waals surface area contributed by atoms with E-state index >= 15 is 0 Å². The zero-order chi connectivity index (χ0) is 15.1. The Kier molecular flexibility index (Phi) is 4.01. The van der Waals surface area contributed by atoms with Crippen LogP contribution in [0.4, 0.5) is 4.79 Å². The number of ether oxygens (including phenoxy) is 3. The molecule has 2 saturated heterocycles. The number of aliphatic hydroxyl groups excluding tert-OH is 1. The van der Waals surface area contributed by atoms with Crippen molar-refractivity contribution < 1.29 is 24.1 Å². The van der Waals surface area contributed by atoms with E-state index in [0.29, 0.717) is 19.6 Å². The summed E-state index contributed by atoms with van der Waals surface area (Å²) in [6, 6.07) is -0.304. The van der Waals surface area contributed by atoms with Crippen molar-refractivity contribution in [3.8, 4) is 0 Å². The lowest BCUT2D eigenvalue weighted by Gasteiger charge is -2.49. The highest BCUT2D eigenvalue weighted by molar-refractivity contribution is 5.69. The minimum atomic E-state index is -0.737. The van der Waals surface area contributed by atoms with Crippen LogP contribution in [0, 0.1) is 0 Å². The summed E-state index contributed by atoms with van der Waals surface area (Å²) in [7, 11) is 0. The summed E-state index contributed by atoms with van der Waals surface area (Å²) >= 11 is 0. The maximum absolute atomic E-state index is 12.2. The molecule has 20 heavy (non-hydrogen) atoms. The lowest BCUT2D eigenvalue weighted by Crippen LogP contribution is -2.64. The summed E-state index contributed by atoms with van der Waals surface area (Å²) in [5, 5.41) is 10.1. The van der Waals surface area contributed by atoms with Crippen LogP contribution in [0.5, 0.6) is 0 Å². The van der Waals surface area contributed by atoms with Gasteiger partial charge in [-0.3, -0.25) is 0 Å². The molecule has 2 rings (SSSR count). The van der Waals surface area contributed by atoms with Crippen molar-refractivity contribution in [3.05, 3.63) is 0 Å². The van der Waals surface area contributed by atoms with Crippen molar-refractivity contribution in [3.63, 3.8) is 0 Å². The van der Waals surface area contributed by atoms with E-state index < -0.39 is 23.6 Å². The Morgan fingerprint density at radius 1 is 1.40 bits per heavy atom. The Morgan fingerprint density at radius 2 is 2.05 bits per heavy atom. The number of amides is 1. The molecule has 0 unspecified atom stereocenters. The van der Waals surface area contributed by atoms with E-state index in [-0.39, 0.29) is 12.1 Å². The van der Waals surface area contributed by atoms with Gasteiger partial charge in [-0.1, -0.05) is 0 Å². The molecular weight excluding hydrogens is 262 g/mol. The number of aliphatic hydroxyl groups is 1. The molecule has 0 aliphatic carbocycles. The summed E-state index contributed by atoms with van der Waals surface area (Å²) in [5.41, 5.74) is -0.543. The van der Waals surface area contributed by atoms with Crippen molar-refractivity contribution in [2.45, 2.75) is 70.7 Å². The Balaban J connectivity index is 2.10. The molecule has 2 heterocycles. The van der Waals surface area contributed by atoms with Crippen LogP contribution < -0.4 is 0 Å². The molecule has 2 aliphatic heterocycles. The SMILES string of the molecule is CC(C)(C)OC(=O)N1CC[C@H](O)[C@@H]2OC(C)(C)OC[C@H]21. The molecule has 2 fully saturated rings. The number of carbonyl (C=O) groups excluding carboxylic acids is 1. The maximum Gasteiger partial charge on any atom is 0.410 e. The number of likely N-dealkylation sites (tertiary alicyclic amines) is 1. The first-order valence-corrected chi connectivity index (χ1v) is 7.08. The van der Waals surface area contributed by atoms with Crippen molar-refractivity contribution in [1.29, 1.82) is 0 Å². The van der Waals surface area contributed by atoms with Gasteiger partial charge in [0.25, 0.3) is 0 Å². The lowest BCUT2D eigenvalue weighted by molar-refractivity contribution is -0.314. The van der Waals surface area contributed by atoms with E-state index in [1.54, 1.807) is 4.90 Å². The molecule has 0 aromatic heterocycles. The largest absolute Gasteiger partial charge is 0.444 e. The fraction of sp³-hybridized carbons (Fsp3) is 0.929. The summed E-state index contributed by atoms with van der Waals surface area (Å²) in [6.07, 6.45) is -0.913. The van der Waals surface area contributed by atoms with Gasteiger partial charge >= 0.3 is 6.09 Å². The zero-order valence-electron chi connectivity index (χ0n) is 12.9. The Morgan fingerprint density at radius 3 is 2.65 bits per heavy atom. The first kappa shape index (κ1) is 15.5. The van der Waals surface area contributed by atoms with Crippen LogP contribution in [0.15, 0.2) is 0 Å². The molecule has 0 saturated carbocycles. The van der Waals surface area contributed by atoms with Crippen LogP contribution in [0.1, 0.15) is 41.0 Å². The third-order valence-corrected chi connectivity index (χ3v) is 3.47. The molecule has 116 valence electrons. The Labute approximate surface area is 120 Å². The van der Waals surface area contributed by atoms with Crippen molar-refractivity contribution in [1.82, 2.24) is 4.90 Å². The van der Waals surface area contributed by atoms with E-state index in [2.05, 4.69) is 0 Å². The molecule has 3 atom stereocenters. The van der Waals surface area contributed by atoms with Gasteiger partial charge in [0.05, 0.1) is 18.8 Å². The number of rotatable bonds is 0. The van der Waals surface area contributed by atoms with Crippen LogP contribution in [0.25, 0.3) is 0 Å². The van der Waals surface area contributed by atoms with Gasteiger partial charge in [0.15, 0.2) is 5.79 Å². The fourth-order valence-electron chi connectivity index (χ4n) is 2.57. The van der Waals surface area contributed by atoms with Crippen LogP contribution >= 0.6 is 0 Å². The molecule has 0 aromatic rings. The predicted octanol–water partition coefficient (Wildman–Crippen LogP) is 1.51. The standard InChI is InChI=1S/C14H25NO5/c1-13(2,3)20-12(17)15-7-6-10(16)11-9(15)8-18-14(4,5)19-11/h9-11,16H,6-8H2,1-5H3/t9-,10+,11-/m1/s1. The molecule has 6 nitrogen and oxygen atoms in total. The smallest absolute Gasteiger partial charge is 0.410 e. The second-order valence-electron chi connectivity index (χ2n) is 6.89. The van der Waals surface area contributed by atoms with Gasteiger partial charge in [-0.05, 0) is 41.0 Å². The van der Waals surface area contributed by atoms with Gasteiger partial charge in [-0.2, -0.15) is 0 Å². The minimum absolute atomic E-state index is 0.304. The van der Waals surface area contributed by atoms with E-state index in [1.165, 1.54) is 0 Å². The second-order valence-corrected chi connectivity index (χ2v) is 6.89. The number of hydrogen-bond donors (Lipinski definition) is 1. The third kappa shape index (κ3) is 3.42. The first-order chi connectivity index (χ1) is 9.09. The van der Waals surface area contributed by atoms with Crippen molar-refractivity contribution >= 4 is 6.09 Å². The molecule has 1 amide bonds. The minimum Gasteiger partial charge on any atom is -0.444 e. The summed E-state index contributed by atoms with van der Waals surface area (Å²) in [5.74, 6) is -0.737. The number of piperidine rings is 1. The summed E-state index contributed by atoms with van der Waals surface area (Å²) < 4.78 is 16.8. The zero-order valence-corrected chi connectivity index (χ0v) is 12.9. The predicted molar refractivity (Wildman–Crippen MR) is 72.3 cm³/mol. The van der Waals surface area contributed by atoms with Crippen LogP contribution in [-0.4, -0.2) is 58.9 Å². The van der Waals surface area contributed by atoms with Gasteiger partial charge in [-0.15, -0.1) is 0 Å². The monoisotopic (exact) mass is 287 g/mol. The summed E-state index contributed by atoms with van der Waals surface area (Å²) in [6.45, 7) is 9.90. The molecular formula is C14H25NO5. The molecule has 0 aromatic carbocycles. The lowest BCUT2D eigenvalue weighted by atomic mass is 9.95. The molecule has 0 spiro atoms. The Bertz CT molecular complexity index is 376. The third-order valence-electron chi connectivity index (χ3n) is 3.47. The van der Waals surface area contributed by atoms with Gasteiger partial charge in [0.2, 0.25) is 0 Å². The highest BCUT2D eigenvalue weighted by atomic mass is 16.7. The molecule has 1 N–H and O–H groups in total. The highest BCUT2D eigenvalue weighted by Gasteiger charge is 2.47. The van der Waals surface area contributed by atoms with Crippen LogP contribution in [0.3, 0.4) is 0 Å². The second kappa shape index (κ2) is 5.16. The van der Waals surface area contributed by atoms with Gasteiger partial charge in [-0.25, -0.2) is 4.79 Å². The van der Waals surface area contributed by atoms with E-state index in [1.807, 2.05) is 34.6 Å². The molecule has 0 bridgehead atoms. The number of fused-ring (bicyclic) bond motifs is 1. The molecule has 0 radical (unpaired) electrons. The van der Waals surface area contributed by atoms with Crippen molar-refractivity contribution in [2.75, 3.05) is 13.2 Å². The van der Waals surface area contributed by atoms with Crippen molar-refractivity contribution in [2.24, 2.45) is 0 Å². The maximum atomic E-state index is 12.2. The normalized spacial score (nSPS) is 33.5. The van der Waals surface area contributed by atoms with E-state index in [9.17, 15) is 9.90 Å². The number of nitrogens with zero attached hydrogens (tertiary/aromatic N) is 1. The van der Waals surface area contributed by atoms with Gasteiger partial charge in [0.1, 0.15) is 11.7 Å². The fourth-order valence-corrected chi connectivity index (χ4v) is 2.57. The van der Waals surface area contributed by atoms with E-state index in [4.69, 9.17) is 14.2 Å². The molecule has 2 aliphatic rings. The number of hydrogen-bond acceptors (Lipinski definition) is 5. The quantitative estimate of drug-likeness (QED) is 0.731. The Hall–Kier alpha value is -0.850. The number of carbonyl (C=O) groups is 1. The topological polar surface area (TPSA) is 68.2 Å². The van der Waals surface area contributed by atoms with Crippen LogP contribution in [-0.2, 0) is 14.2 Å². The van der Waals surface area contributed by atoms with Gasteiger partial charge in [0, 0.05) is 6.54 Å². The van der Waals surface area contributed by atoms with Gasteiger partial charge < -0.3 is 24.2 Å². The van der Waals surface area contributed by atoms with Crippen LogP contribution in [0.2, 0.25) is 0 Å². The average Bonchev–Trinajstić information content (AvgIpc) is 2.27. The summed E-state index contributed by atoms with van der Waals surface area (Å²) in [4.78, 5) is 13.9. The average molecular weight is 287 g/mol. The highest BCUT2D eigenvalue weighted by Crippen LogP contribution is 2.32.